The zero-order valence-electron chi connectivity index (χ0n) is 15.4. The maximum Gasteiger partial charge on any atom is 0.303 e. The van der Waals surface area contributed by atoms with E-state index in [-0.39, 0.29) is 39.1 Å². The summed E-state index contributed by atoms with van der Waals surface area (Å²) in [5, 5.41) is 8.97. The Morgan fingerprint density at radius 2 is 2.00 bits per heavy atom. The van der Waals surface area contributed by atoms with Crippen LogP contribution in [0.1, 0.15) is 47.0 Å². The second kappa shape index (κ2) is 7.52. The van der Waals surface area contributed by atoms with Gasteiger partial charge in [-0.1, -0.05) is 6.07 Å². The van der Waals surface area contributed by atoms with Crippen LogP contribution >= 0.6 is 0 Å². The molecular formula is C20H16F3NO4S. The third-order valence-corrected chi connectivity index (χ3v) is 5.83. The standard InChI is InChI=1S/C20H16F3NO4S/c1-10(25)28-20-16(22)8-15-14(3-4-17(18(15)20)29(2,26)27)19(23)12-5-11(9-24)6-13(21)7-12/h3-7,16,19-20H,8H2,1-2H3/t16-,19-,20-/m1/s1. The van der Waals surface area contributed by atoms with E-state index in [0.29, 0.717) is 0 Å². The number of rotatable bonds is 4. The molecule has 0 spiro atoms. The number of carbonyl (C=O) groups is 1. The highest BCUT2D eigenvalue weighted by atomic mass is 32.2. The number of halogens is 3. The van der Waals surface area contributed by atoms with E-state index in [9.17, 15) is 22.0 Å². The molecule has 0 saturated heterocycles. The number of nitriles is 1. The van der Waals surface area contributed by atoms with Crippen LogP contribution < -0.4 is 0 Å². The third-order valence-electron chi connectivity index (χ3n) is 4.67. The highest BCUT2D eigenvalue weighted by molar-refractivity contribution is 7.90. The van der Waals surface area contributed by atoms with Gasteiger partial charge in [-0.25, -0.2) is 21.6 Å². The van der Waals surface area contributed by atoms with Crippen LogP contribution in [0.25, 0.3) is 0 Å². The highest BCUT2D eigenvalue weighted by Crippen LogP contribution is 2.45. The predicted molar refractivity (Wildman–Crippen MR) is 96.7 cm³/mol. The topological polar surface area (TPSA) is 84.2 Å². The zero-order chi connectivity index (χ0) is 21.5. The lowest BCUT2D eigenvalue weighted by Crippen LogP contribution is -2.17. The van der Waals surface area contributed by atoms with Crippen molar-refractivity contribution in [3.8, 4) is 6.07 Å². The normalized spacial score (nSPS) is 19.3. The molecule has 2 aromatic rings. The first-order chi connectivity index (χ1) is 13.5. The molecule has 9 heteroatoms. The first kappa shape index (κ1) is 20.9. The fraction of sp³-hybridized carbons (Fsp3) is 0.300. The molecule has 1 aliphatic rings. The van der Waals surface area contributed by atoms with Crippen LogP contribution in [0.15, 0.2) is 35.2 Å². The second-order valence-corrected chi connectivity index (χ2v) is 8.80. The molecule has 0 aliphatic heterocycles. The van der Waals surface area contributed by atoms with E-state index in [1.165, 1.54) is 6.07 Å². The summed E-state index contributed by atoms with van der Waals surface area (Å²) in [6.45, 7) is 1.06. The number of fused-ring (bicyclic) bond motifs is 1. The Bertz CT molecular complexity index is 1140. The number of esters is 1. The Labute approximate surface area is 165 Å². The average Bonchev–Trinajstić information content (AvgIpc) is 2.94. The lowest BCUT2D eigenvalue weighted by molar-refractivity contribution is -0.149. The van der Waals surface area contributed by atoms with Crippen LogP contribution in [0.5, 0.6) is 0 Å². The minimum atomic E-state index is -3.83. The van der Waals surface area contributed by atoms with E-state index in [2.05, 4.69) is 0 Å². The van der Waals surface area contributed by atoms with Crippen LogP contribution in [0.2, 0.25) is 0 Å². The number of hydrogen-bond donors (Lipinski definition) is 0. The van der Waals surface area contributed by atoms with Crippen molar-refractivity contribution in [1.29, 1.82) is 5.26 Å². The van der Waals surface area contributed by atoms with Crippen LogP contribution in [0, 0.1) is 17.1 Å². The number of ether oxygens (including phenoxy) is 1. The van der Waals surface area contributed by atoms with Crippen LogP contribution in [0.3, 0.4) is 0 Å². The molecule has 0 N–H and O–H groups in total. The van der Waals surface area contributed by atoms with Crippen molar-refractivity contribution in [3.63, 3.8) is 0 Å². The molecule has 0 saturated carbocycles. The summed E-state index contributed by atoms with van der Waals surface area (Å²) in [6.07, 6.45) is -4.64. The van der Waals surface area contributed by atoms with Gasteiger partial charge in [0.25, 0.3) is 0 Å². The third kappa shape index (κ3) is 3.98. The average molecular weight is 423 g/mol. The zero-order valence-corrected chi connectivity index (χ0v) is 16.3. The molecule has 0 fully saturated rings. The summed E-state index contributed by atoms with van der Waals surface area (Å²) in [4.78, 5) is 11.1. The van der Waals surface area contributed by atoms with Gasteiger partial charge in [0.1, 0.15) is 12.0 Å². The van der Waals surface area contributed by atoms with E-state index in [1.54, 1.807) is 6.07 Å². The van der Waals surface area contributed by atoms with Crippen molar-refractivity contribution in [1.82, 2.24) is 0 Å². The van der Waals surface area contributed by atoms with Gasteiger partial charge >= 0.3 is 5.97 Å². The Morgan fingerprint density at radius 1 is 1.31 bits per heavy atom. The molecule has 3 rings (SSSR count). The smallest absolute Gasteiger partial charge is 0.303 e. The van der Waals surface area contributed by atoms with Crippen molar-refractivity contribution in [2.45, 2.75) is 36.7 Å². The number of carbonyl (C=O) groups excluding carboxylic acids is 1. The molecule has 29 heavy (non-hydrogen) atoms. The lowest BCUT2D eigenvalue weighted by Gasteiger charge is -2.19. The first-order valence-electron chi connectivity index (χ1n) is 8.54. The van der Waals surface area contributed by atoms with Crippen molar-refractivity contribution in [2.24, 2.45) is 0 Å². The van der Waals surface area contributed by atoms with Crippen LogP contribution in [-0.4, -0.2) is 26.8 Å². The van der Waals surface area contributed by atoms with Gasteiger partial charge in [0.05, 0.1) is 16.5 Å². The van der Waals surface area contributed by atoms with E-state index in [0.717, 1.165) is 37.4 Å². The van der Waals surface area contributed by atoms with Gasteiger partial charge in [-0.2, -0.15) is 5.26 Å². The molecule has 0 aromatic heterocycles. The minimum Gasteiger partial charge on any atom is -0.454 e. The first-order valence-corrected chi connectivity index (χ1v) is 10.4. The predicted octanol–water partition coefficient (Wildman–Crippen LogP) is 3.66. The lowest BCUT2D eigenvalue weighted by atomic mass is 9.94. The van der Waals surface area contributed by atoms with Gasteiger partial charge < -0.3 is 4.74 Å². The van der Waals surface area contributed by atoms with Crippen LogP contribution in [-0.2, 0) is 25.8 Å². The summed E-state index contributed by atoms with van der Waals surface area (Å²) in [7, 11) is -3.83. The summed E-state index contributed by atoms with van der Waals surface area (Å²) in [6, 6.07) is 7.06. The SMILES string of the molecule is CC(=O)O[C@H]1c2c(S(C)(=O)=O)ccc([C@H](F)c3cc(F)cc(C#N)c3)c2C[C@H]1F. The molecule has 2 aromatic carbocycles. The summed E-state index contributed by atoms with van der Waals surface area (Å²) >= 11 is 0. The largest absolute Gasteiger partial charge is 0.454 e. The summed E-state index contributed by atoms with van der Waals surface area (Å²) in [5.74, 6) is -1.62. The Hall–Kier alpha value is -2.86. The molecule has 5 nitrogen and oxygen atoms in total. The van der Waals surface area contributed by atoms with Gasteiger partial charge in [-0.3, -0.25) is 4.79 Å². The fourth-order valence-corrected chi connectivity index (χ4v) is 4.51. The van der Waals surface area contributed by atoms with Crippen LogP contribution in [0.4, 0.5) is 13.2 Å². The highest BCUT2D eigenvalue weighted by Gasteiger charge is 2.41. The maximum atomic E-state index is 15.3. The number of alkyl halides is 2. The summed E-state index contributed by atoms with van der Waals surface area (Å²) < 4.78 is 73.0. The minimum absolute atomic E-state index is 0.0574. The second-order valence-electron chi connectivity index (χ2n) is 6.82. The number of nitrogens with zero attached hydrogens (tertiary/aromatic N) is 1. The number of benzene rings is 2. The molecular weight excluding hydrogens is 407 g/mol. The Kier molecular flexibility index (Phi) is 5.41. The van der Waals surface area contributed by atoms with Gasteiger partial charge in [-0.15, -0.1) is 0 Å². The molecule has 0 bridgehead atoms. The molecule has 3 atom stereocenters. The maximum absolute atomic E-state index is 15.3. The molecule has 0 radical (unpaired) electrons. The van der Waals surface area contributed by atoms with Crippen molar-refractivity contribution >= 4 is 15.8 Å². The van der Waals surface area contributed by atoms with Gasteiger partial charge in [0, 0.05) is 25.2 Å². The van der Waals surface area contributed by atoms with Crippen molar-refractivity contribution in [2.75, 3.05) is 6.26 Å². The van der Waals surface area contributed by atoms with Crippen molar-refractivity contribution < 1.29 is 31.1 Å². The molecule has 1 aliphatic carbocycles. The monoisotopic (exact) mass is 423 g/mol. The molecule has 152 valence electrons. The van der Waals surface area contributed by atoms with E-state index in [4.69, 9.17) is 10.00 Å². The van der Waals surface area contributed by atoms with E-state index < -0.39 is 40.1 Å². The van der Waals surface area contributed by atoms with Gasteiger partial charge in [0.2, 0.25) is 0 Å². The van der Waals surface area contributed by atoms with E-state index >= 15 is 4.39 Å². The van der Waals surface area contributed by atoms with E-state index in [1.807, 2.05) is 0 Å². The Morgan fingerprint density at radius 3 is 2.59 bits per heavy atom. The van der Waals surface area contributed by atoms with Crippen molar-refractivity contribution in [3.05, 3.63) is 64.0 Å². The number of hydrogen-bond acceptors (Lipinski definition) is 5. The van der Waals surface area contributed by atoms with Gasteiger partial charge in [0.15, 0.2) is 22.1 Å². The fourth-order valence-electron chi connectivity index (χ4n) is 3.56. The number of sulfone groups is 1. The molecule has 0 heterocycles. The molecule has 0 amide bonds. The summed E-state index contributed by atoms with van der Waals surface area (Å²) in [5.41, 5.74) is -0.371. The van der Waals surface area contributed by atoms with Gasteiger partial charge in [-0.05, 0) is 41.0 Å². The molecule has 0 unspecified atom stereocenters. The Balaban J connectivity index is 2.21. The quantitative estimate of drug-likeness (QED) is 0.701.